The molecule has 0 saturated heterocycles. The number of aryl methyl sites for hydroxylation is 1. The summed E-state index contributed by atoms with van der Waals surface area (Å²) in [7, 11) is 0. The quantitative estimate of drug-likeness (QED) is 0.0887. The Hall–Kier alpha value is -4.50. The van der Waals surface area contributed by atoms with E-state index in [0.717, 1.165) is 29.5 Å². The van der Waals surface area contributed by atoms with Gasteiger partial charge in [0.05, 0.1) is 30.6 Å². The molecule has 7 N–H and O–H groups in total. The Kier molecular flexibility index (Phi) is 10.6. The molecule has 40 heavy (non-hydrogen) atoms. The van der Waals surface area contributed by atoms with E-state index in [4.69, 9.17) is 11.6 Å². The number of carbonyl (C=O) groups excluding carboxylic acids is 2. The van der Waals surface area contributed by atoms with Crippen molar-refractivity contribution in [2.75, 3.05) is 6.54 Å². The maximum absolute atomic E-state index is 12.8. The molecule has 2 amide bonds. The number of alkyl halides is 3. The van der Waals surface area contributed by atoms with Gasteiger partial charge in [0, 0.05) is 32.0 Å². The van der Waals surface area contributed by atoms with Crippen LogP contribution in [0.4, 0.5) is 13.2 Å². The number of hydrogen-bond acceptors (Lipinski definition) is 9. The number of hydrazine groups is 1. The monoisotopic (exact) mass is 561 g/mol. The molecule has 0 aliphatic rings. The van der Waals surface area contributed by atoms with Crippen molar-refractivity contribution < 1.29 is 27.9 Å². The number of aliphatic hydroxyl groups is 1. The van der Waals surface area contributed by atoms with Crippen LogP contribution in [0.1, 0.15) is 45.7 Å². The first kappa shape index (κ1) is 30.0. The van der Waals surface area contributed by atoms with Gasteiger partial charge in [-0.05, 0) is 36.1 Å². The lowest BCUT2D eigenvalue weighted by Crippen LogP contribution is -2.33. The molecular weight excluding hydrogens is 531 g/mol. The highest BCUT2D eigenvalue weighted by Crippen LogP contribution is 2.28. The van der Waals surface area contributed by atoms with Gasteiger partial charge in [-0.15, -0.1) is 5.10 Å². The van der Waals surface area contributed by atoms with Gasteiger partial charge in [0.15, 0.2) is 5.69 Å². The molecule has 12 nitrogen and oxygen atoms in total. The summed E-state index contributed by atoms with van der Waals surface area (Å²) in [4.78, 5) is 28.3. The highest BCUT2D eigenvalue weighted by Gasteiger charge is 2.30. The number of benzene rings is 1. The molecule has 3 rings (SSSR count). The third-order valence-corrected chi connectivity index (χ3v) is 5.59. The lowest BCUT2D eigenvalue weighted by atomic mass is 10.1. The van der Waals surface area contributed by atoms with Crippen LogP contribution in [-0.4, -0.2) is 48.5 Å². The number of pyridine rings is 1. The Morgan fingerprint density at radius 1 is 1.10 bits per heavy atom. The molecule has 0 radical (unpaired) electrons. The molecule has 0 fully saturated rings. The van der Waals surface area contributed by atoms with Crippen LogP contribution in [0.5, 0.6) is 0 Å². The number of rotatable bonds is 13. The van der Waals surface area contributed by atoms with Gasteiger partial charge in [0.25, 0.3) is 11.8 Å². The van der Waals surface area contributed by atoms with E-state index in [1.54, 1.807) is 18.2 Å². The van der Waals surface area contributed by atoms with E-state index in [9.17, 15) is 27.9 Å². The van der Waals surface area contributed by atoms with Crippen molar-refractivity contribution in [2.45, 2.75) is 45.3 Å². The van der Waals surface area contributed by atoms with Gasteiger partial charge in [-0.2, -0.15) is 13.2 Å². The highest BCUT2D eigenvalue weighted by molar-refractivity contribution is 5.92. The molecule has 0 spiro atoms. The van der Waals surface area contributed by atoms with Crippen LogP contribution in [-0.2, 0) is 37.2 Å². The molecule has 15 heteroatoms. The first-order valence-corrected chi connectivity index (χ1v) is 12.2. The zero-order valence-electron chi connectivity index (χ0n) is 21.4. The molecule has 2 heterocycles. The predicted molar refractivity (Wildman–Crippen MR) is 137 cm³/mol. The maximum atomic E-state index is 12.8. The van der Waals surface area contributed by atoms with Gasteiger partial charge in [0.2, 0.25) is 0 Å². The van der Waals surface area contributed by atoms with Gasteiger partial charge in [-0.1, -0.05) is 29.5 Å². The minimum Gasteiger partial charge on any atom is -0.393 e. The van der Waals surface area contributed by atoms with E-state index in [1.807, 2.05) is 6.07 Å². The number of hydrogen-bond donors (Lipinski definition) is 5. The fourth-order valence-corrected chi connectivity index (χ4v) is 3.52. The summed E-state index contributed by atoms with van der Waals surface area (Å²) < 4.78 is 39.9. The SMILES string of the molecule is N/C(=C\N(N)CCCCn1cc(C(=O)NCc2cccc(CO)c2)nn1)C(=O)NCc1cc(C(F)(F)F)ccn1. The molecular formula is C25H30F3N9O3. The van der Waals surface area contributed by atoms with Gasteiger partial charge >= 0.3 is 6.18 Å². The summed E-state index contributed by atoms with van der Waals surface area (Å²) in [6, 6.07) is 8.91. The van der Waals surface area contributed by atoms with Crippen molar-refractivity contribution in [1.82, 2.24) is 35.6 Å². The number of aromatic nitrogens is 4. The zero-order valence-corrected chi connectivity index (χ0v) is 21.4. The van der Waals surface area contributed by atoms with Crippen LogP contribution in [0, 0.1) is 0 Å². The molecule has 1 aromatic carbocycles. The molecule has 0 saturated carbocycles. The summed E-state index contributed by atoms with van der Waals surface area (Å²) in [5.74, 6) is 4.79. The fourth-order valence-electron chi connectivity index (χ4n) is 3.52. The van der Waals surface area contributed by atoms with Crippen molar-refractivity contribution in [2.24, 2.45) is 11.6 Å². The Morgan fingerprint density at radius 3 is 2.62 bits per heavy atom. The van der Waals surface area contributed by atoms with Gasteiger partial charge < -0.3 is 26.5 Å². The van der Waals surface area contributed by atoms with E-state index < -0.39 is 17.6 Å². The lowest BCUT2D eigenvalue weighted by molar-refractivity contribution is -0.137. The average molecular weight is 562 g/mol. The van der Waals surface area contributed by atoms with Crippen LogP contribution in [0.3, 0.4) is 0 Å². The fraction of sp³-hybridized carbons (Fsp3) is 0.320. The smallest absolute Gasteiger partial charge is 0.393 e. The van der Waals surface area contributed by atoms with Crippen LogP contribution in [0.15, 0.2) is 60.7 Å². The topological polar surface area (TPSA) is 177 Å². The molecule has 0 atom stereocenters. The summed E-state index contributed by atoms with van der Waals surface area (Å²) in [5.41, 5.74) is 6.45. The molecule has 2 aromatic heterocycles. The zero-order chi connectivity index (χ0) is 29.1. The standard InChI is InChI=1S/C25H30F3N9O3/c26-25(27,28)19-6-7-31-20(11-19)13-33-23(39)21(29)14-36(30)8-1-2-9-37-15-22(34-35-37)24(40)32-12-17-4-3-5-18(10-17)16-38/h3-7,10-11,14-15,38H,1-2,8-9,12-13,16,29-30H2,(H,32,40)(H,33,39)/b21-14-. The molecule has 0 unspecified atom stereocenters. The average Bonchev–Trinajstić information content (AvgIpc) is 3.41. The first-order valence-electron chi connectivity index (χ1n) is 12.2. The highest BCUT2D eigenvalue weighted by atomic mass is 19.4. The van der Waals surface area contributed by atoms with Crippen LogP contribution in [0.2, 0.25) is 0 Å². The summed E-state index contributed by atoms with van der Waals surface area (Å²) >= 11 is 0. The summed E-state index contributed by atoms with van der Waals surface area (Å²) in [6.45, 7) is 0.773. The molecule has 0 aliphatic carbocycles. The Balaban J connectivity index is 1.37. The van der Waals surface area contributed by atoms with Crippen LogP contribution >= 0.6 is 0 Å². The molecule has 0 bridgehead atoms. The van der Waals surface area contributed by atoms with E-state index >= 15 is 0 Å². The maximum Gasteiger partial charge on any atom is 0.416 e. The van der Waals surface area contributed by atoms with E-state index in [-0.39, 0.29) is 42.7 Å². The second kappa shape index (κ2) is 14.0. The Bertz CT molecular complexity index is 1330. The number of unbranched alkanes of at least 4 members (excludes halogenated alkanes) is 1. The number of halogens is 3. The van der Waals surface area contributed by atoms with Crippen molar-refractivity contribution in [3.8, 4) is 0 Å². The molecule has 214 valence electrons. The number of carbonyl (C=O) groups is 2. The minimum atomic E-state index is -4.51. The summed E-state index contributed by atoms with van der Waals surface area (Å²) in [6.07, 6.45) is 0.484. The van der Waals surface area contributed by atoms with Crippen molar-refractivity contribution in [3.05, 3.63) is 88.8 Å². The summed E-state index contributed by atoms with van der Waals surface area (Å²) in [5, 5.41) is 23.4. The van der Waals surface area contributed by atoms with Crippen LogP contribution < -0.4 is 22.2 Å². The van der Waals surface area contributed by atoms with E-state index in [1.165, 1.54) is 22.1 Å². The first-order chi connectivity index (χ1) is 19.0. The number of nitrogens with zero attached hydrogens (tertiary/aromatic N) is 5. The predicted octanol–water partition coefficient (Wildman–Crippen LogP) is 1.19. The van der Waals surface area contributed by atoms with Gasteiger partial charge in [0.1, 0.15) is 5.70 Å². The van der Waals surface area contributed by atoms with Gasteiger partial charge in [-0.25, -0.2) is 5.84 Å². The number of aliphatic hydroxyl groups excluding tert-OH is 1. The number of nitrogens with one attached hydrogen (secondary N) is 2. The van der Waals surface area contributed by atoms with E-state index in [0.29, 0.717) is 25.9 Å². The van der Waals surface area contributed by atoms with Crippen LogP contribution in [0.25, 0.3) is 0 Å². The van der Waals surface area contributed by atoms with Crippen molar-refractivity contribution in [3.63, 3.8) is 0 Å². The third kappa shape index (κ3) is 9.36. The second-order valence-electron chi connectivity index (χ2n) is 8.77. The normalized spacial score (nSPS) is 11.8. The minimum absolute atomic E-state index is 0.0298. The van der Waals surface area contributed by atoms with Crippen molar-refractivity contribution in [1.29, 1.82) is 0 Å². The number of nitrogens with two attached hydrogens (primary N) is 2. The largest absolute Gasteiger partial charge is 0.416 e. The second-order valence-corrected chi connectivity index (χ2v) is 8.77. The number of amides is 2. The van der Waals surface area contributed by atoms with Gasteiger partial charge in [-0.3, -0.25) is 19.3 Å². The molecule has 3 aromatic rings. The Labute approximate surface area is 227 Å². The lowest BCUT2D eigenvalue weighted by Gasteiger charge is -2.15. The van der Waals surface area contributed by atoms with E-state index in [2.05, 4.69) is 25.9 Å². The molecule has 0 aliphatic heterocycles. The third-order valence-electron chi connectivity index (χ3n) is 5.59. The Morgan fingerprint density at radius 2 is 1.88 bits per heavy atom. The van der Waals surface area contributed by atoms with Crippen molar-refractivity contribution >= 4 is 11.8 Å².